The van der Waals surface area contributed by atoms with Crippen LogP contribution in [-0.2, 0) is 13.6 Å². The van der Waals surface area contributed by atoms with Crippen LogP contribution < -0.4 is 15.6 Å². The van der Waals surface area contributed by atoms with E-state index in [0.717, 1.165) is 10.4 Å². The molecule has 0 fully saturated rings. The average Bonchev–Trinajstić information content (AvgIpc) is 2.78. The predicted molar refractivity (Wildman–Crippen MR) is 128 cm³/mol. The smallest absolute Gasteiger partial charge is 0.332 e. The highest BCUT2D eigenvalue weighted by Crippen LogP contribution is 2.17. The molecule has 0 aromatic heterocycles. The molecule has 3 rings (SSSR count). The van der Waals surface area contributed by atoms with Gasteiger partial charge >= 0.3 is 5.97 Å². The summed E-state index contributed by atoms with van der Waals surface area (Å²) in [6, 6.07) is 30.7. The second-order valence-electron chi connectivity index (χ2n) is 7.89. The minimum Gasteiger partial charge on any atom is -0.462 e. The Morgan fingerprint density at radius 3 is 1.57 bits per heavy atom. The second-order valence-corrected chi connectivity index (χ2v) is 15.4. The van der Waals surface area contributed by atoms with Gasteiger partial charge in [0.1, 0.15) is 6.23 Å². The number of hydrogen-bond donors (Lipinski definition) is 0. The molecule has 154 valence electrons. The fourth-order valence-electron chi connectivity index (χ4n) is 3.52. The molecule has 0 amide bonds. The molecule has 0 aliphatic rings. The van der Waals surface area contributed by atoms with Gasteiger partial charge in [0.25, 0.3) is 8.32 Å². The topological polar surface area (TPSA) is 35.5 Å². The molecule has 3 aromatic rings. The van der Waals surface area contributed by atoms with E-state index in [-0.39, 0.29) is 12.2 Å². The molecule has 0 radical (unpaired) electrons. The van der Waals surface area contributed by atoms with Gasteiger partial charge in [-0.3, -0.25) is 0 Å². The van der Waals surface area contributed by atoms with Crippen molar-refractivity contribution in [2.75, 3.05) is 6.23 Å². The van der Waals surface area contributed by atoms with Crippen LogP contribution in [0.3, 0.4) is 0 Å². The molecule has 3 aromatic carbocycles. The van der Waals surface area contributed by atoms with E-state index in [4.69, 9.17) is 8.85 Å². The first-order valence-corrected chi connectivity index (χ1v) is 15.1. The van der Waals surface area contributed by atoms with Crippen molar-refractivity contribution in [1.29, 1.82) is 0 Å². The molecule has 0 bridgehead atoms. The second kappa shape index (κ2) is 9.38. The number of hydrogen-bond acceptors (Lipinski definition) is 3. The fraction of sp³-hybridized carbons (Fsp3) is 0.160. The van der Waals surface area contributed by atoms with Gasteiger partial charge in [-0.2, -0.15) is 0 Å². The highest BCUT2D eigenvalue weighted by molar-refractivity contribution is 7.04. The van der Waals surface area contributed by atoms with Gasteiger partial charge in [0.15, 0.2) is 0 Å². The number of benzene rings is 3. The van der Waals surface area contributed by atoms with Crippen molar-refractivity contribution in [3.63, 3.8) is 0 Å². The molecule has 0 saturated carbocycles. The third-order valence-electron chi connectivity index (χ3n) is 5.13. The van der Waals surface area contributed by atoms with E-state index >= 15 is 0 Å². The zero-order valence-corrected chi connectivity index (χ0v) is 19.8. The summed E-state index contributed by atoms with van der Waals surface area (Å²) in [6.45, 7) is 9.81. The molecule has 0 N–H and O–H groups in total. The monoisotopic (exact) mass is 432 g/mol. The summed E-state index contributed by atoms with van der Waals surface area (Å²) in [6.07, 6.45) is 0.204. The SMILES string of the molecule is C=C(C)C(=O)OC[Si](O[Si](C)(C)c1ccccc1)(c1ccccc1)c1ccccc1. The van der Waals surface area contributed by atoms with Gasteiger partial charge in [-0.25, -0.2) is 4.79 Å². The zero-order valence-electron chi connectivity index (χ0n) is 17.8. The summed E-state index contributed by atoms with van der Waals surface area (Å²) in [7, 11) is -5.23. The van der Waals surface area contributed by atoms with Crippen LogP contribution in [0, 0.1) is 0 Å². The minimum absolute atomic E-state index is 0.204. The van der Waals surface area contributed by atoms with Crippen LogP contribution in [0.15, 0.2) is 103 Å². The fourth-order valence-corrected chi connectivity index (χ4v) is 12.1. The van der Waals surface area contributed by atoms with Gasteiger partial charge < -0.3 is 8.85 Å². The predicted octanol–water partition coefficient (Wildman–Crippen LogP) is 3.53. The first-order chi connectivity index (χ1) is 14.3. The summed E-state index contributed by atoms with van der Waals surface area (Å²) in [5, 5.41) is 3.38. The molecule has 0 saturated heterocycles. The van der Waals surface area contributed by atoms with Crippen molar-refractivity contribution >= 4 is 38.2 Å². The summed E-state index contributed by atoms with van der Waals surface area (Å²) < 4.78 is 13.0. The molecule has 5 heteroatoms. The molecule has 30 heavy (non-hydrogen) atoms. The van der Waals surface area contributed by atoms with Crippen LogP contribution >= 0.6 is 0 Å². The van der Waals surface area contributed by atoms with E-state index in [0.29, 0.717) is 5.57 Å². The Labute approximate surface area is 181 Å². The van der Waals surface area contributed by atoms with Crippen LogP contribution in [0.4, 0.5) is 0 Å². The highest BCUT2D eigenvalue weighted by Gasteiger charge is 2.46. The minimum atomic E-state index is -2.90. The van der Waals surface area contributed by atoms with Gasteiger partial charge in [0.2, 0.25) is 8.32 Å². The van der Waals surface area contributed by atoms with E-state index in [9.17, 15) is 4.79 Å². The molecule has 0 heterocycles. The van der Waals surface area contributed by atoms with Crippen molar-refractivity contribution in [1.82, 2.24) is 0 Å². The largest absolute Gasteiger partial charge is 0.462 e. The summed E-state index contributed by atoms with van der Waals surface area (Å²) in [5.41, 5.74) is 0.388. The Bertz CT molecular complexity index is 947. The van der Waals surface area contributed by atoms with E-state index < -0.39 is 16.6 Å². The Morgan fingerprint density at radius 1 is 0.767 bits per heavy atom. The van der Waals surface area contributed by atoms with Crippen molar-refractivity contribution in [3.05, 3.63) is 103 Å². The van der Waals surface area contributed by atoms with Crippen molar-refractivity contribution < 1.29 is 13.6 Å². The molecule has 3 nitrogen and oxygen atoms in total. The van der Waals surface area contributed by atoms with Gasteiger partial charge in [-0.05, 0) is 35.6 Å². The van der Waals surface area contributed by atoms with Crippen LogP contribution in [0.5, 0.6) is 0 Å². The lowest BCUT2D eigenvalue weighted by Gasteiger charge is -2.39. The molecule has 0 aliphatic carbocycles. The molecule has 0 atom stereocenters. The summed E-state index contributed by atoms with van der Waals surface area (Å²) in [5.74, 6) is -0.387. The molecular weight excluding hydrogens is 404 g/mol. The van der Waals surface area contributed by atoms with Crippen molar-refractivity contribution in [2.45, 2.75) is 20.0 Å². The normalized spacial score (nSPS) is 11.7. The lowest BCUT2D eigenvalue weighted by atomic mass is 10.4. The van der Waals surface area contributed by atoms with Crippen LogP contribution in [0.2, 0.25) is 13.1 Å². The maximum atomic E-state index is 12.3. The van der Waals surface area contributed by atoms with Crippen LogP contribution in [0.1, 0.15) is 6.92 Å². The highest BCUT2D eigenvalue weighted by atomic mass is 28.4. The average molecular weight is 433 g/mol. The van der Waals surface area contributed by atoms with Crippen molar-refractivity contribution in [3.8, 4) is 0 Å². The van der Waals surface area contributed by atoms with Crippen LogP contribution in [0.25, 0.3) is 0 Å². The van der Waals surface area contributed by atoms with E-state index in [2.05, 4.69) is 56.1 Å². The standard InChI is InChI=1S/C25H28O3Si2/c1-21(2)25(26)27-20-30(23-16-10-6-11-17-23,24-18-12-7-13-19-24)28-29(3,4)22-14-8-5-9-15-22/h5-19H,1,20H2,2-4H3. The van der Waals surface area contributed by atoms with E-state index in [1.807, 2.05) is 54.6 Å². The molecule has 0 unspecified atom stereocenters. The molecular formula is C25H28O3Si2. The van der Waals surface area contributed by atoms with Crippen molar-refractivity contribution in [2.24, 2.45) is 0 Å². The number of carbonyl (C=O) groups is 1. The Morgan fingerprint density at radius 2 is 1.17 bits per heavy atom. The first kappa shape index (κ1) is 22.0. The number of rotatable bonds is 8. The lowest BCUT2D eigenvalue weighted by molar-refractivity contribution is -0.137. The van der Waals surface area contributed by atoms with Gasteiger partial charge in [0.05, 0.1) is 0 Å². The Hall–Kier alpha value is -2.74. The molecule has 0 aliphatic heterocycles. The summed E-state index contributed by atoms with van der Waals surface area (Å²) in [4.78, 5) is 12.3. The number of esters is 1. The number of ether oxygens (including phenoxy) is 1. The quantitative estimate of drug-likeness (QED) is 0.310. The molecule has 0 spiro atoms. The number of carbonyl (C=O) groups excluding carboxylic acids is 1. The first-order valence-electron chi connectivity index (χ1n) is 10.0. The van der Waals surface area contributed by atoms with Crippen LogP contribution in [-0.4, -0.2) is 28.8 Å². The van der Waals surface area contributed by atoms with Gasteiger partial charge in [0, 0.05) is 5.57 Å². The zero-order chi connectivity index (χ0) is 21.6. The third-order valence-corrected chi connectivity index (χ3v) is 13.4. The lowest BCUT2D eigenvalue weighted by Crippen LogP contribution is -2.70. The van der Waals surface area contributed by atoms with E-state index in [1.165, 1.54) is 5.19 Å². The van der Waals surface area contributed by atoms with Gasteiger partial charge in [-0.15, -0.1) is 0 Å². The van der Waals surface area contributed by atoms with Gasteiger partial charge in [-0.1, -0.05) is 97.6 Å². The Balaban J connectivity index is 2.14. The van der Waals surface area contributed by atoms with E-state index in [1.54, 1.807) is 6.92 Å². The Kier molecular flexibility index (Phi) is 6.87. The maximum absolute atomic E-state index is 12.3. The summed E-state index contributed by atoms with van der Waals surface area (Å²) >= 11 is 0. The third kappa shape index (κ3) is 4.87. The maximum Gasteiger partial charge on any atom is 0.332 e.